The van der Waals surface area contributed by atoms with Crippen molar-refractivity contribution in [2.45, 2.75) is 26.9 Å². The van der Waals surface area contributed by atoms with Crippen LogP contribution in [0.15, 0.2) is 6.07 Å². The van der Waals surface area contributed by atoms with Crippen LogP contribution in [0.3, 0.4) is 0 Å². The van der Waals surface area contributed by atoms with E-state index in [4.69, 9.17) is 9.84 Å². The standard InChI is InChI=1S/C13H24N4O2/c1-4-6-17(7-8-18)13-9-11(14-5-2)15-12(16-13)10-19-3/h9,18H,4-8,10H2,1-3H3,(H,14,15,16). The van der Waals surface area contributed by atoms with Gasteiger partial charge in [0.2, 0.25) is 0 Å². The van der Waals surface area contributed by atoms with Gasteiger partial charge < -0.3 is 20.1 Å². The van der Waals surface area contributed by atoms with Gasteiger partial charge in [0.15, 0.2) is 5.82 Å². The number of hydrogen-bond acceptors (Lipinski definition) is 6. The number of nitrogens with one attached hydrogen (secondary N) is 1. The van der Waals surface area contributed by atoms with Crippen LogP contribution in [-0.2, 0) is 11.3 Å². The van der Waals surface area contributed by atoms with Crippen LogP contribution in [0.25, 0.3) is 0 Å². The van der Waals surface area contributed by atoms with Gasteiger partial charge in [0.1, 0.15) is 18.2 Å². The van der Waals surface area contributed by atoms with Gasteiger partial charge in [-0.3, -0.25) is 0 Å². The summed E-state index contributed by atoms with van der Waals surface area (Å²) < 4.78 is 5.10. The number of ether oxygens (including phenoxy) is 1. The van der Waals surface area contributed by atoms with Crippen molar-refractivity contribution in [2.24, 2.45) is 0 Å². The lowest BCUT2D eigenvalue weighted by atomic mass is 10.3. The largest absolute Gasteiger partial charge is 0.395 e. The van der Waals surface area contributed by atoms with Crippen LogP contribution in [0.5, 0.6) is 0 Å². The monoisotopic (exact) mass is 268 g/mol. The molecule has 0 unspecified atom stereocenters. The van der Waals surface area contributed by atoms with E-state index < -0.39 is 0 Å². The molecule has 6 heteroatoms. The summed E-state index contributed by atoms with van der Waals surface area (Å²) in [5.41, 5.74) is 0. The zero-order valence-electron chi connectivity index (χ0n) is 12.0. The van der Waals surface area contributed by atoms with E-state index in [1.807, 2.05) is 13.0 Å². The van der Waals surface area contributed by atoms with Crippen LogP contribution >= 0.6 is 0 Å². The van der Waals surface area contributed by atoms with Gasteiger partial charge in [0, 0.05) is 32.8 Å². The number of aliphatic hydroxyl groups is 1. The van der Waals surface area contributed by atoms with Crippen molar-refractivity contribution in [3.8, 4) is 0 Å². The number of hydrogen-bond donors (Lipinski definition) is 2. The number of aliphatic hydroxyl groups excluding tert-OH is 1. The number of anilines is 2. The van der Waals surface area contributed by atoms with E-state index in [9.17, 15) is 0 Å². The normalized spacial score (nSPS) is 10.5. The summed E-state index contributed by atoms with van der Waals surface area (Å²) in [6.07, 6.45) is 1.00. The molecule has 6 nitrogen and oxygen atoms in total. The molecule has 0 aliphatic heterocycles. The molecule has 0 aliphatic rings. The first-order valence-electron chi connectivity index (χ1n) is 6.71. The average Bonchev–Trinajstić information content (AvgIpc) is 2.39. The third-order valence-electron chi connectivity index (χ3n) is 2.58. The maximum atomic E-state index is 9.14. The zero-order chi connectivity index (χ0) is 14.1. The maximum absolute atomic E-state index is 9.14. The first-order chi connectivity index (χ1) is 9.24. The van der Waals surface area contributed by atoms with E-state index in [2.05, 4.69) is 27.1 Å². The van der Waals surface area contributed by atoms with Crippen LogP contribution in [0.2, 0.25) is 0 Å². The minimum absolute atomic E-state index is 0.111. The first kappa shape index (κ1) is 15.7. The summed E-state index contributed by atoms with van der Waals surface area (Å²) in [6, 6.07) is 1.91. The molecule has 1 rings (SSSR count). The highest BCUT2D eigenvalue weighted by Crippen LogP contribution is 2.16. The highest BCUT2D eigenvalue weighted by atomic mass is 16.5. The van der Waals surface area contributed by atoms with Gasteiger partial charge in [-0.05, 0) is 13.3 Å². The van der Waals surface area contributed by atoms with E-state index in [0.29, 0.717) is 19.0 Å². The van der Waals surface area contributed by atoms with Crippen molar-refractivity contribution >= 4 is 11.6 Å². The lowest BCUT2D eigenvalue weighted by molar-refractivity contribution is 0.178. The lowest BCUT2D eigenvalue weighted by Crippen LogP contribution is -2.29. The Morgan fingerprint density at radius 1 is 1.32 bits per heavy atom. The fourth-order valence-corrected chi connectivity index (χ4v) is 1.84. The Balaban J connectivity index is 3.00. The van der Waals surface area contributed by atoms with Gasteiger partial charge in [-0.25, -0.2) is 9.97 Å². The molecule has 0 saturated heterocycles. The highest BCUT2D eigenvalue weighted by molar-refractivity contribution is 5.49. The Kier molecular flexibility index (Phi) is 7.14. The summed E-state index contributed by atoms with van der Waals surface area (Å²) >= 11 is 0. The average molecular weight is 268 g/mol. The summed E-state index contributed by atoms with van der Waals surface area (Å²) in [5.74, 6) is 2.27. The van der Waals surface area contributed by atoms with Gasteiger partial charge in [0.25, 0.3) is 0 Å². The highest BCUT2D eigenvalue weighted by Gasteiger charge is 2.10. The molecule has 1 heterocycles. The predicted octanol–water partition coefficient (Wildman–Crippen LogP) is 1.26. The van der Waals surface area contributed by atoms with Crippen LogP contribution < -0.4 is 10.2 Å². The lowest BCUT2D eigenvalue weighted by Gasteiger charge is -2.23. The van der Waals surface area contributed by atoms with E-state index in [1.165, 1.54) is 0 Å². The molecule has 0 fully saturated rings. The minimum Gasteiger partial charge on any atom is -0.395 e. The van der Waals surface area contributed by atoms with Crippen molar-refractivity contribution < 1.29 is 9.84 Å². The summed E-state index contributed by atoms with van der Waals surface area (Å²) in [6.45, 7) is 6.85. The summed E-state index contributed by atoms with van der Waals surface area (Å²) in [5, 5.41) is 12.3. The molecule has 0 spiro atoms. The molecular weight excluding hydrogens is 244 g/mol. The van der Waals surface area contributed by atoms with Crippen molar-refractivity contribution in [3.05, 3.63) is 11.9 Å². The fraction of sp³-hybridized carbons (Fsp3) is 0.692. The molecule has 0 radical (unpaired) electrons. The van der Waals surface area contributed by atoms with Crippen LogP contribution in [0, 0.1) is 0 Å². The molecule has 0 saturated carbocycles. The van der Waals surface area contributed by atoms with E-state index >= 15 is 0 Å². The SMILES string of the molecule is CCCN(CCO)c1cc(NCC)nc(COC)n1. The van der Waals surface area contributed by atoms with Crippen molar-refractivity contribution in [3.63, 3.8) is 0 Å². The summed E-state index contributed by atoms with van der Waals surface area (Å²) in [7, 11) is 1.63. The van der Waals surface area contributed by atoms with Gasteiger partial charge >= 0.3 is 0 Å². The minimum atomic E-state index is 0.111. The van der Waals surface area contributed by atoms with Gasteiger partial charge in [-0.2, -0.15) is 0 Å². The van der Waals surface area contributed by atoms with Crippen LogP contribution in [-0.4, -0.2) is 48.4 Å². The molecule has 0 aliphatic carbocycles. The Labute approximate surface area is 114 Å². The van der Waals surface area contributed by atoms with Crippen molar-refractivity contribution in [2.75, 3.05) is 43.6 Å². The predicted molar refractivity (Wildman–Crippen MR) is 76.5 cm³/mol. The maximum Gasteiger partial charge on any atom is 0.158 e. The molecule has 0 atom stereocenters. The van der Waals surface area contributed by atoms with Crippen LogP contribution in [0.4, 0.5) is 11.6 Å². The molecule has 1 aromatic rings. The number of rotatable bonds is 9. The molecular formula is C13H24N4O2. The Morgan fingerprint density at radius 2 is 2.11 bits per heavy atom. The molecule has 0 aromatic carbocycles. The number of methoxy groups -OCH3 is 1. The molecule has 0 amide bonds. The third-order valence-corrected chi connectivity index (χ3v) is 2.58. The number of aromatic nitrogens is 2. The second kappa shape index (κ2) is 8.66. The molecule has 1 aromatic heterocycles. The second-order valence-corrected chi connectivity index (χ2v) is 4.20. The number of nitrogens with zero attached hydrogens (tertiary/aromatic N) is 3. The van der Waals surface area contributed by atoms with E-state index in [-0.39, 0.29) is 6.61 Å². The van der Waals surface area contributed by atoms with E-state index in [1.54, 1.807) is 7.11 Å². The van der Waals surface area contributed by atoms with Gasteiger partial charge in [-0.1, -0.05) is 6.92 Å². The Morgan fingerprint density at radius 3 is 2.68 bits per heavy atom. The van der Waals surface area contributed by atoms with Crippen molar-refractivity contribution in [1.29, 1.82) is 0 Å². The molecule has 19 heavy (non-hydrogen) atoms. The first-order valence-corrected chi connectivity index (χ1v) is 6.71. The Bertz CT molecular complexity index is 343. The summed E-state index contributed by atoms with van der Waals surface area (Å²) in [4.78, 5) is 10.9. The van der Waals surface area contributed by atoms with Gasteiger partial charge in [-0.15, -0.1) is 0 Å². The quantitative estimate of drug-likeness (QED) is 0.702. The smallest absolute Gasteiger partial charge is 0.158 e. The third kappa shape index (κ3) is 5.00. The van der Waals surface area contributed by atoms with E-state index in [0.717, 1.165) is 31.1 Å². The molecule has 0 bridgehead atoms. The fourth-order valence-electron chi connectivity index (χ4n) is 1.84. The van der Waals surface area contributed by atoms with Crippen LogP contribution in [0.1, 0.15) is 26.1 Å². The molecule has 2 N–H and O–H groups in total. The van der Waals surface area contributed by atoms with Gasteiger partial charge in [0.05, 0.1) is 6.61 Å². The Hall–Kier alpha value is -1.40. The van der Waals surface area contributed by atoms with Crippen molar-refractivity contribution in [1.82, 2.24) is 9.97 Å². The molecule has 108 valence electrons. The zero-order valence-corrected chi connectivity index (χ0v) is 12.0. The topological polar surface area (TPSA) is 70.5 Å². The second-order valence-electron chi connectivity index (χ2n) is 4.20.